The van der Waals surface area contributed by atoms with Gasteiger partial charge in [0.15, 0.2) is 9.84 Å². The molecular formula is C18H22N2O3S2. The molecule has 1 aliphatic heterocycles. The maximum atomic E-state index is 12.6. The Balaban J connectivity index is 1.74. The van der Waals surface area contributed by atoms with E-state index in [4.69, 9.17) is 0 Å². The van der Waals surface area contributed by atoms with E-state index in [9.17, 15) is 13.2 Å². The van der Waals surface area contributed by atoms with Crippen molar-refractivity contribution in [1.29, 1.82) is 0 Å². The van der Waals surface area contributed by atoms with Gasteiger partial charge in [-0.15, -0.1) is 11.3 Å². The van der Waals surface area contributed by atoms with E-state index in [1.54, 1.807) is 11.9 Å². The molecule has 2 heterocycles. The van der Waals surface area contributed by atoms with Crippen molar-refractivity contribution in [1.82, 2.24) is 9.88 Å². The van der Waals surface area contributed by atoms with Gasteiger partial charge in [-0.05, 0) is 26.3 Å². The van der Waals surface area contributed by atoms with Gasteiger partial charge in [0.1, 0.15) is 5.01 Å². The summed E-state index contributed by atoms with van der Waals surface area (Å²) in [5.74, 6) is 0.197. The lowest BCUT2D eigenvalue weighted by Crippen LogP contribution is -2.38. The summed E-state index contributed by atoms with van der Waals surface area (Å²) in [6, 6.07) is 7.94. The molecule has 2 aromatic rings. The predicted octanol–water partition coefficient (Wildman–Crippen LogP) is 2.61. The monoisotopic (exact) mass is 378 g/mol. The fourth-order valence-electron chi connectivity index (χ4n) is 3.04. The fourth-order valence-corrected chi connectivity index (χ4v) is 5.86. The van der Waals surface area contributed by atoms with Gasteiger partial charge in [-0.1, -0.05) is 23.8 Å². The van der Waals surface area contributed by atoms with E-state index in [1.807, 2.05) is 32.0 Å². The third-order valence-corrected chi connectivity index (χ3v) is 7.58. The van der Waals surface area contributed by atoms with Crippen LogP contribution in [0, 0.1) is 13.8 Å². The van der Waals surface area contributed by atoms with E-state index >= 15 is 0 Å². The number of sulfone groups is 1. The second kappa shape index (κ2) is 6.88. The largest absolute Gasteiger partial charge is 0.341 e. The summed E-state index contributed by atoms with van der Waals surface area (Å²) in [7, 11) is -1.29. The number of amides is 1. The minimum absolute atomic E-state index is 0.0513. The summed E-state index contributed by atoms with van der Waals surface area (Å²) >= 11 is 1.53. The smallest absolute Gasteiger partial charge is 0.227 e. The molecule has 0 aliphatic carbocycles. The number of hydrogen-bond donors (Lipinski definition) is 0. The van der Waals surface area contributed by atoms with Crippen LogP contribution < -0.4 is 0 Å². The summed E-state index contributed by atoms with van der Waals surface area (Å²) < 4.78 is 23.2. The van der Waals surface area contributed by atoms with Gasteiger partial charge in [0, 0.05) is 23.5 Å². The van der Waals surface area contributed by atoms with Crippen molar-refractivity contribution in [2.75, 3.05) is 18.6 Å². The molecule has 1 unspecified atom stereocenters. The van der Waals surface area contributed by atoms with Gasteiger partial charge < -0.3 is 4.90 Å². The van der Waals surface area contributed by atoms with E-state index < -0.39 is 9.84 Å². The number of benzene rings is 1. The average molecular weight is 379 g/mol. The van der Waals surface area contributed by atoms with Gasteiger partial charge in [0.25, 0.3) is 0 Å². The standard InChI is InChI=1S/C18H22N2O3S2/c1-12-5-4-6-14(9-12)18-19-13(2)16(24-18)10-17(21)20(3)15-7-8-25(22,23)11-15/h4-6,9,15H,7-8,10-11H2,1-3H3. The molecule has 5 nitrogen and oxygen atoms in total. The van der Waals surface area contributed by atoms with Crippen molar-refractivity contribution >= 4 is 27.1 Å². The molecular weight excluding hydrogens is 356 g/mol. The van der Waals surface area contributed by atoms with Crippen molar-refractivity contribution in [3.8, 4) is 10.6 Å². The molecule has 1 aromatic carbocycles. The van der Waals surface area contributed by atoms with Crippen LogP contribution in [-0.2, 0) is 21.1 Å². The lowest BCUT2D eigenvalue weighted by Gasteiger charge is -2.23. The normalized spacial score (nSPS) is 19.1. The van der Waals surface area contributed by atoms with Crippen LogP contribution in [0.1, 0.15) is 22.6 Å². The molecule has 0 N–H and O–H groups in total. The predicted molar refractivity (Wildman–Crippen MR) is 101 cm³/mol. The van der Waals surface area contributed by atoms with E-state index in [1.165, 1.54) is 16.9 Å². The number of aryl methyl sites for hydroxylation is 2. The van der Waals surface area contributed by atoms with Crippen LogP contribution in [0.2, 0.25) is 0 Å². The molecule has 134 valence electrons. The number of aromatic nitrogens is 1. The Hall–Kier alpha value is -1.73. The van der Waals surface area contributed by atoms with Crippen LogP contribution in [0.25, 0.3) is 10.6 Å². The molecule has 0 saturated carbocycles. The number of rotatable bonds is 4. The molecule has 1 fully saturated rings. The molecule has 1 aromatic heterocycles. The highest BCUT2D eigenvalue weighted by Gasteiger charge is 2.32. The average Bonchev–Trinajstić information content (AvgIpc) is 3.09. The number of likely N-dealkylation sites (N-methyl/N-ethyl adjacent to an activating group) is 1. The van der Waals surface area contributed by atoms with Crippen LogP contribution in [0.3, 0.4) is 0 Å². The van der Waals surface area contributed by atoms with Gasteiger partial charge in [-0.2, -0.15) is 0 Å². The zero-order chi connectivity index (χ0) is 18.2. The minimum Gasteiger partial charge on any atom is -0.341 e. The second-order valence-electron chi connectivity index (χ2n) is 6.64. The van der Waals surface area contributed by atoms with Gasteiger partial charge in [-0.25, -0.2) is 13.4 Å². The highest BCUT2D eigenvalue weighted by molar-refractivity contribution is 7.91. The first-order chi connectivity index (χ1) is 11.7. The van der Waals surface area contributed by atoms with E-state index in [2.05, 4.69) is 11.1 Å². The Labute approximate surface area is 152 Å². The van der Waals surface area contributed by atoms with E-state index in [0.29, 0.717) is 6.42 Å². The maximum Gasteiger partial charge on any atom is 0.227 e. The van der Waals surface area contributed by atoms with E-state index in [-0.39, 0.29) is 29.9 Å². The Morgan fingerprint density at radius 2 is 2.12 bits per heavy atom. The summed E-state index contributed by atoms with van der Waals surface area (Å²) in [6.45, 7) is 3.96. The first-order valence-electron chi connectivity index (χ1n) is 8.24. The number of carbonyl (C=O) groups excluding carboxylic acids is 1. The molecule has 0 radical (unpaired) electrons. The quantitative estimate of drug-likeness (QED) is 0.820. The topological polar surface area (TPSA) is 67.3 Å². The van der Waals surface area contributed by atoms with Crippen LogP contribution in [-0.4, -0.2) is 48.8 Å². The van der Waals surface area contributed by atoms with Crippen LogP contribution >= 0.6 is 11.3 Å². The lowest BCUT2D eigenvalue weighted by molar-refractivity contribution is -0.130. The second-order valence-corrected chi connectivity index (χ2v) is 9.95. The Bertz CT molecular complexity index is 903. The van der Waals surface area contributed by atoms with Gasteiger partial charge in [-0.3, -0.25) is 4.79 Å². The Morgan fingerprint density at radius 1 is 1.36 bits per heavy atom. The van der Waals surface area contributed by atoms with Crippen molar-refractivity contribution in [3.63, 3.8) is 0 Å². The maximum absolute atomic E-state index is 12.6. The SMILES string of the molecule is Cc1cccc(-c2nc(C)c(CC(=O)N(C)C3CCS(=O)(=O)C3)s2)c1. The summed E-state index contributed by atoms with van der Waals surface area (Å²) in [5.41, 5.74) is 3.09. The van der Waals surface area contributed by atoms with Crippen LogP contribution in [0.4, 0.5) is 0 Å². The molecule has 7 heteroatoms. The third-order valence-electron chi connectivity index (χ3n) is 4.62. The first-order valence-corrected chi connectivity index (χ1v) is 10.9. The number of nitrogens with zero attached hydrogens (tertiary/aromatic N) is 2. The third kappa shape index (κ3) is 4.10. The highest BCUT2D eigenvalue weighted by atomic mass is 32.2. The lowest BCUT2D eigenvalue weighted by atomic mass is 10.1. The molecule has 1 atom stereocenters. The van der Waals surface area contributed by atoms with Gasteiger partial charge in [0.2, 0.25) is 5.91 Å². The van der Waals surface area contributed by atoms with Crippen molar-refractivity contribution in [2.45, 2.75) is 32.7 Å². The summed E-state index contributed by atoms with van der Waals surface area (Å²) in [5, 5.41) is 0.912. The number of hydrogen-bond acceptors (Lipinski definition) is 5. The minimum atomic E-state index is -2.99. The zero-order valence-corrected chi connectivity index (χ0v) is 16.3. The molecule has 1 amide bonds. The highest BCUT2D eigenvalue weighted by Crippen LogP contribution is 2.29. The number of carbonyl (C=O) groups is 1. The zero-order valence-electron chi connectivity index (χ0n) is 14.7. The Kier molecular flexibility index (Phi) is 4.97. The van der Waals surface area contributed by atoms with Gasteiger partial charge >= 0.3 is 0 Å². The molecule has 25 heavy (non-hydrogen) atoms. The molecule has 0 bridgehead atoms. The molecule has 1 saturated heterocycles. The molecule has 1 aliphatic rings. The van der Waals surface area contributed by atoms with Crippen molar-refractivity contribution in [2.24, 2.45) is 0 Å². The molecule has 0 spiro atoms. The van der Waals surface area contributed by atoms with Crippen LogP contribution in [0.5, 0.6) is 0 Å². The summed E-state index contributed by atoms with van der Waals surface area (Å²) in [6.07, 6.45) is 0.795. The van der Waals surface area contributed by atoms with Crippen molar-refractivity contribution < 1.29 is 13.2 Å². The van der Waals surface area contributed by atoms with Crippen molar-refractivity contribution in [3.05, 3.63) is 40.4 Å². The van der Waals surface area contributed by atoms with Gasteiger partial charge in [0.05, 0.1) is 23.6 Å². The molecule has 3 rings (SSSR count). The summed E-state index contributed by atoms with van der Waals surface area (Å²) in [4.78, 5) is 19.7. The number of thiazole rings is 1. The Morgan fingerprint density at radius 3 is 2.76 bits per heavy atom. The first kappa shape index (κ1) is 18.1. The fraction of sp³-hybridized carbons (Fsp3) is 0.444. The van der Waals surface area contributed by atoms with E-state index in [0.717, 1.165) is 21.1 Å². The van der Waals surface area contributed by atoms with Crippen LogP contribution in [0.15, 0.2) is 24.3 Å².